The number of nitrogens with one attached hydrogen (secondary N) is 1. The van der Waals surface area contributed by atoms with E-state index in [1.807, 2.05) is 12.2 Å². The number of rotatable bonds is 7. The number of benzene rings is 1. The average molecular weight is 322 g/mol. The predicted octanol–water partition coefficient (Wildman–Crippen LogP) is 6.86. The van der Waals surface area contributed by atoms with Crippen LogP contribution in [0.25, 0.3) is 5.57 Å². The van der Waals surface area contributed by atoms with Crippen LogP contribution in [0.3, 0.4) is 0 Å². The Kier molecular flexibility index (Phi) is 7.51. The highest BCUT2D eigenvalue weighted by atomic mass is 14.9. The summed E-state index contributed by atoms with van der Waals surface area (Å²) in [7, 11) is 0. The first-order chi connectivity index (χ1) is 11.3. The summed E-state index contributed by atoms with van der Waals surface area (Å²) in [5.41, 5.74) is 9.77. The Hall–Kier alpha value is -2.28. The van der Waals surface area contributed by atoms with Crippen LogP contribution in [0.4, 0.5) is 5.69 Å². The monoisotopic (exact) mass is 321 g/mol. The van der Waals surface area contributed by atoms with Crippen LogP contribution in [-0.4, -0.2) is 6.54 Å². The number of hydrogen-bond donors (Lipinski definition) is 1. The third-order valence-corrected chi connectivity index (χ3v) is 4.01. The fourth-order valence-corrected chi connectivity index (χ4v) is 2.66. The van der Waals surface area contributed by atoms with Crippen LogP contribution in [0.2, 0.25) is 0 Å². The highest BCUT2D eigenvalue weighted by molar-refractivity contribution is 5.70. The lowest BCUT2D eigenvalue weighted by atomic mass is 10.0. The summed E-state index contributed by atoms with van der Waals surface area (Å²) in [5, 5.41) is 3.58. The number of hydrogen-bond acceptors (Lipinski definition) is 1. The number of allylic oxidation sites excluding steroid dienone is 6. The molecule has 0 bridgehead atoms. The van der Waals surface area contributed by atoms with E-state index in [1.54, 1.807) is 0 Å². The Morgan fingerprint density at radius 2 is 1.79 bits per heavy atom. The van der Waals surface area contributed by atoms with Crippen molar-refractivity contribution in [3.63, 3.8) is 0 Å². The fourth-order valence-electron chi connectivity index (χ4n) is 2.66. The summed E-state index contributed by atoms with van der Waals surface area (Å²) in [6.07, 6.45) is 6.07. The van der Waals surface area contributed by atoms with Gasteiger partial charge in [-0.2, -0.15) is 0 Å². The fraction of sp³-hybridized carbons (Fsp3) is 0.304. The van der Waals surface area contributed by atoms with E-state index in [2.05, 4.69) is 84.3 Å². The van der Waals surface area contributed by atoms with E-state index < -0.39 is 0 Å². The molecule has 1 aromatic carbocycles. The van der Waals surface area contributed by atoms with Gasteiger partial charge in [-0.25, -0.2) is 0 Å². The molecule has 0 aliphatic carbocycles. The van der Waals surface area contributed by atoms with Crippen LogP contribution in [-0.2, 0) is 0 Å². The van der Waals surface area contributed by atoms with E-state index in [-0.39, 0.29) is 0 Å². The maximum Gasteiger partial charge on any atom is 0.0405 e. The molecule has 0 amide bonds. The molecule has 1 N–H and O–H groups in total. The summed E-state index contributed by atoms with van der Waals surface area (Å²) >= 11 is 0. The van der Waals surface area contributed by atoms with Gasteiger partial charge in [-0.05, 0) is 75.5 Å². The summed E-state index contributed by atoms with van der Waals surface area (Å²) in [6.45, 7) is 21.4. The normalized spacial score (nSPS) is 12.3. The van der Waals surface area contributed by atoms with Gasteiger partial charge < -0.3 is 5.32 Å². The second kappa shape index (κ2) is 9.12. The molecule has 0 aromatic heterocycles. The van der Waals surface area contributed by atoms with Gasteiger partial charge in [-0.3, -0.25) is 0 Å². The van der Waals surface area contributed by atoms with Gasteiger partial charge >= 0.3 is 0 Å². The lowest BCUT2D eigenvalue weighted by molar-refractivity contribution is 1.15. The second-order valence-corrected chi connectivity index (χ2v) is 6.63. The minimum Gasteiger partial charge on any atom is -0.381 e. The summed E-state index contributed by atoms with van der Waals surface area (Å²) in [6, 6.07) is 6.52. The van der Waals surface area contributed by atoms with Crippen LogP contribution in [0.15, 0.2) is 71.9 Å². The molecule has 128 valence electrons. The Morgan fingerprint density at radius 1 is 1.12 bits per heavy atom. The summed E-state index contributed by atoms with van der Waals surface area (Å²) in [5.74, 6) is 0. The summed E-state index contributed by atoms with van der Waals surface area (Å²) in [4.78, 5) is 0. The molecule has 0 heterocycles. The molecule has 0 unspecified atom stereocenters. The predicted molar refractivity (Wildman–Crippen MR) is 110 cm³/mol. The van der Waals surface area contributed by atoms with Crippen molar-refractivity contribution in [3.8, 4) is 0 Å². The first kappa shape index (κ1) is 19.8. The van der Waals surface area contributed by atoms with Crippen molar-refractivity contribution in [1.29, 1.82) is 0 Å². The molecule has 24 heavy (non-hydrogen) atoms. The van der Waals surface area contributed by atoms with Crippen LogP contribution in [0, 0.1) is 6.92 Å². The molecule has 0 saturated heterocycles. The SMILES string of the molecule is C=C/C=C(\C)c1ccc(C)c(NC/C(C(=C)C)=C(\C)C=C(C)C)c1. The lowest BCUT2D eigenvalue weighted by Gasteiger charge is -2.16. The van der Waals surface area contributed by atoms with E-state index in [9.17, 15) is 0 Å². The third-order valence-electron chi connectivity index (χ3n) is 4.01. The molecule has 0 aliphatic rings. The van der Waals surface area contributed by atoms with E-state index in [4.69, 9.17) is 0 Å². The van der Waals surface area contributed by atoms with Crippen molar-refractivity contribution >= 4 is 11.3 Å². The molecule has 0 atom stereocenters. The quantitative estimate of drug-likeness (QED) is 0.541. The van der Waals surface area contributed by atoms with E-state index in [0.717, 1.165) is 17.8 Å². The molecule has 1 aromatic rings. The summed E-state index contributed by atoms with van der Waals surface area (Å²) < 4.78 is 0. The van der Waals surface area contributed by atoms with Gasteiger partial charge in [0, 0.05) is 12.2 Å². The van der Waals surface area contributed by atoms with E-state index in [1.165, 1.54) is 33.4 Å². The van der Waals surface area contributed by atoms with Crippen LogP contribution < -0.4 is 5.32 Å². The first-order valence-electron chi connectivity index (χ1n) is 8.41. The van der Waals surface area contributed by atoms with Crippen molar-refractivity contribution in [3.05, 3.63) is 83.0 Å². The zero-order valence-electron chi connectivity index (χ0n) is 16.1. The maximum absolute atomic E-state index is 4.14. The Labute approximate surface area is 148 Å². The zero-order valence-corrected chi connectivity index (χ0v) is 16.1. The first-order valence-corrected chi connectivity index (χ1v) is 8.41. The Bertz CT molecular complexity index is 708. The highest BCUT2D eigenvalue weighted by Crippen LogP contribution is 2.24. The minimum atomic E-state index is 0.777. The Balaban J connectivity index is 3.10. The molecule has 0 radical (unpaired) electrons. The number of anilines is 1. The minimum absolute atomic E-state index is 0.777. The van der Waals surface area contributed by atoms with Gasteiger partial charge in [0.15, 0.2) is 0 Å². The smallest absolute Gasteiger partial charge is 0.0405 e. The number of aryl methyl sites for hydroxylation is 1. The van der Waals surface area contributed by atoms with Gasteiger partial charge in [-0.1, -0.05) is 54.7 Å². The highest BCUT2D eigenvalue weighted by Gasteiger charge is 2.06. The molecule has 1 heteroatoms. The van der Waals surface area contributed by atoms with Crippen LogP contribution >= 0.6 is 0 Å². The molecule has 0 spiro atoms. The van der Waals surface area contributed by atoms with Gasteiger partial charge in [0.05, 0.1) is 0 Å². The van der Waals surface area contributed by atoms with Gasteiger partial charge in [0.1, 0.15) is 0 Å². The van der Waals surface area contributed by atoms with Gasteiger partial charge in [0.25, 0.3) is 0 Å². The largest absolute Gasteiger partial charge is 0.381 e. The molecular weight excluding hydrogens is 290 g/mol. The lowest BCUT2D eigenvalue weighted by Crippen LogP contribution is -2.08. The van der Waals surface area contributed by atoms with E-state index in [0.29, 0.717) is 0 Å². The molecule has 0 fully saturated rings. The van der Waals surface area contributed by atoms with Gasteiger partial charge in [-0.15, -0.1) is 0 Å². The molecule has 1 rings (SSSR count). The van der Waals surface area contributed by atoms with Crippen molar-refractivity contribution in [1.82, 2.24) is 0 Å². The van der Waals surface area contributed by atoms with Crippen molar-refractivity contribution in [2.24, 2.45) is 0 Å². The molecular formula is C23H31N. The van der Waals surface area contributed by atoms with Crippen molar-refractivity contribution < 1.29 is 0 Å². The topological polar surface area (TPSA) is 12.0 Å². The third kappa shape index (κ3) is 5.73. The van der Waals surface area contributed by atoms with Crippen molar-refractivity contribution in [2.75, 3.05) is 11.9 Å². The van der Waals surface area contributed by atoms with E-state index >= 15 is 0 Å². The Morgan fingerprint density at radius 3 is 2.33 bits per heavy atom. The standard InChI is InChI=1S/C23H31N/c1-9-10-18(6)21-12-11-19(7)23(14-21)24-15-22(17(4)5)20(8)13-16(2)3/h9-14,24H,1,4,15H2,2-3,5-8H3/b18-10+,22-20-. The van der Waals surface area contributed by atoms with Crippen LogP contribution in [0.5, 0.6) is 0 Å². The average Bonchev–Trinajstić information content (AvgIpc) is 2.48. The molecule has 0 saturated carbocycles. The molecule has 0 aliphatic heterocycles. The van der Waals surface area contributed by atoms with Crippen molar-refractivity contribution in [2.45, 2.75) is 41.5 Å². The molecule has 1 nitrogen and oxygen atoms in total. The zero-order chi connectivity index (χ0) is 18.3. The second-order valence-electron chi connectivity index (χ2n) is 6.63. The van der Waals surface area contributed by atoms with Gasteiger partial charge in [0.2, 0.25) is 0 Å². The van der Waals surface area contributed by atoms with Crippen LogP contribution in [0.1, 0.15) is 45.7 Å². The maximum atomic E-state index is 4.14.